The van der Waals surface area contributed by atoms with Gasteiger partial charge in [0.1, 0.15) is 0 Å². The summed E-state index contributed by atoms with van der Waals surface area (Å²) in [5.41, 5.74) is 1.46. The van der Waals surface area contributed by atoms with Gasteiger partial charge in [-0.15, -0.1) is 15.7 Å². The summed E-state index contributed by atoms with van der Waals surface area (Å²) < 4.78 is 27.9. The number of anilines is 1. The fourth-order valence-electron chi connectivity index (χ4n) is 2.83. The Morgan fingerprint density at radius 2 is 2.15 bits per heavy atom. The quantitative estimate of drug-likeness (QED) is 0.751. The van der Waals surface area contributed by atoms with Crippen LogP contribution in [0.15, 0.2) is 39.6 Å². The van der Waals surface area contributed by atoms with Crippen LogP contribution in [0.2, 0.25) is 4.34 Å². The van der Waals surface area contributed by atoms with Crippen LogP contribution in [-0.4, -0.2) is 43.7 Å². The lowest BCUT2D eigenvalue weighted by Gasteiger charge is -2.22. The minimum atomic E-state index is -3.39. The van der Waals surface area contributed by atoms with Crippen molar-refractivity contribution >= 4 is 61.5 Å². The molecule has 1 aromatic carbocycles. The summed E-state index contributed by atoms with van der Waals surface area (Å²) >= 11 is 8.67. The number of carbonyl (C=O) groups excluding carboxylic acids is 1. The molecule has 2 aliphatic rings. The molecule has 10 heteroatoms. The Labute approximate surface area is 164 Å². The summed E-state index contributed by atoms with van der Waals surface area (Å²) in [4.78, 5) is 18.1. The van der Waals surface area contributed by atoms with E-state index < -0.39 is 10.0 Å². The lowest BCUT2D eigenvalue weighted by atomic mass is 10.1. The van der Waals surface area contributed by atoms with E-state index in [0.717, 1.165) is 15.5 Å². The molecule has 0 saturated carbocycles. The molecule has 0 aliphatic carbocycles. The van der Waals surface area contributed by atoms with Gasteiger partial charge in [0, 0.05) is 28.9 Å². The number of carbonyl (C=O) groups is 1. The molecular weight excluding hydrogens is 414 g/mol. The van der Waals surface area contributed by atoms with Gasteiger partial charge in [-0.1, -0.05) is 11.6 Å². The van der Waals surface area contributed by atoms with E-state index in [1.165, 1.54) is 23.1 Å². The summed E-state index contributed by atoms with van der Waals surface area (Å²) in [5, 5.41) is 0.456. The molecule has 2 aromatic rings. The van der Waals surface area contributed by atoms with Gasteiger partial charge in [-0.25, -0.2) is 8.42 Å². The number of halogens is 1. The van der Waals surface area contributed by atoms with Gasteiger partial charge in [0.25, 0.3) is 15.9 Å². The molecule has 3 heterocycles. The standard InChI is InChI=1S/C16H14ClN3O3S3/c1-19(9-11-3-5-14(17)24-11)15(21)10-2-4-12-13(8-10)25-16-18-26(22,23)7-6-20(12)16/h2-5,8H,6-7,9H2,1H3. The summed E-state index contributed by atoms with van der Waals surface area (Å²) in [6.45, 7) is 0.866. The lowest BCUT2D eigenvalue weighted by Crippen LogP contribution is -2.35. The third-order valence-electron chi connectivity index (χ3n) is 4.09. The number of benzene rings is 1. The van der Waals surface area contributed by atoms with Gasteiger partial charge in [0.05, 0.1) is 22.3 Å². The second kappa shape index (κ2) is 6.56. The molecule has 0 spiro atoms. The van der Waals surface area contributed by atoms with Crippen LogP contribution in [0, 0.1) is 0 Å². The highest BCUT2D eigenvalue weighted by Crippen LogP contribution is 2.42. The Morgan fingerprint density at radius 3 is 2.88 bits per heavy atom. The third-order valence-corrected chi connectivity index (χ3v) is 7.61. The molecule has 2 aliphatic heterocycles. The zero-order valence-corrected chi connectivity index (χ0v) is 16.9. The van der Waals surface area contributed by atoms with Crippen LogP contribution in [0.3, 0.4) is 0 Å². The number of hydrogen-bond donors (Lipinski definition) is 0. The van der Waals surface area contributed by atoms with Crippen LogP contribution in [-0.2, 0) is 16.6 Å². The number of hydrogen-bond acceptors (Lipinski definition) is 6. The average molecular weight is 428 g/mol. The maximum atomic E-state index is 12.7. The molecule has 0 atom stereocenters. The first-order valence-electron chi connectivity index (χ1n) is 7.74. The number of nitrogens with zero attached hydrogens (tertiary/aromatic N) is 3. The second-order valence-corrected chi connectivity index (χ2v) is 10.5. The average Bonchev–Trinajstić information content (AvgIpc) is 3.14. The van der Waals surface area contributed by atoms with Crippen LogP contribution in [0.25, 0.3) is 0 Å². The van der Waals surface area contributed by atoms with E-state index >= 15 is 0 Å². The van der Waals surface area contributed by atoms with Gasteiger partial charge in [0.2, 0.25) is 0 Å². The monoisotopic (exact) mass is 427 g/mol. The van der Waals surface area contributed by atoms with E-state index in [1.807, 2.05) is 23.1 Å². The second-order valence-electron chi connectivity index (χ2n) is 5.96. The van der Waals surface area contributed by atoms with Crippen LogP contribution in [0.5, 0.6) is 0 Å². The van der Waals surface area contributed by atoms with Crippen LogP contribution >= 0.6 is 34.7 Å². The molecule has 26 heavy (non-hydrogen) atoms. The smallest absolute Gasteiger partial charge is 0.257 e. The first kappa shape index (κ1) is 17.8. The number of fused-ring (bicyclic) bond motifs is 3. The maximum Gasteiger partial charge on any atom is 0.257 e. The van der Waals surface area contributed by atoms with Gasteiger partial charge in [-0.2, -0.15) is 0 Å². The first-order chi connectivity index (χ1) is 12.3. The van der Waals surface area contributed by atoms with Gasteiger partial charge in [-0.05, 0) is 42.1 Å². The lowest BCUT2D eigenvalue weighted by molar-refractivity contribution is 0.0786. The van der Waals surface area contributed by atoms with Crippen molar-refractivity contribution in [3.63, 3.8) is 0 Å². The minimum absolute atomic E-state index is 0.00327. The van der Waals surface area contributed by atoms with Crippen molar-refractivity contribution in [2.45, 2.75) is 11.4 Å². The Hall–Kier alpha value is -1.55. The number of rotatable bonds is 3. The van der Waals surface area contributed by atoms with Crippen molar-refractivity contribution in [2.24, 2.45) is 4.40 Å². The van der Waals surface area contributed by atoms with Crippen molar-refractivity contribution in [1.82, 2.24) is 4.90 Å². The highest BCUT2D eigenvalue weighted by atomic mass is 35.5. The molecule has 1 aromatic heterocycles. The van der Waals surface area contributed by atoms with Gasteiger partial charge >= 0.3 is 0 Å². The molecule has 0 bridgehead atoms. The van der Waals surface area contributed by atoms with Crippen LogP contribution < -0.4 is 4.90 Å². The minimum Gasteiger partial charge on any atom is -0.337 e. The summed E-state index contributed by atoms with van der Waals surface area (Å²) in [5.74, 6) is -0.0964. The van der Waals surface area contributed by atoms with Crippen molar-refractivity contribution in [3.05, 3.63) is 45.1 Å². The third kappa shape index (κ3) is 3.36. The number of amidine groups is 1. The van der Waals surface area contributed by atoms with Crippen molar-refractivity contribution in [2.75, 3.05) is 24.2 Å². The Balaban J connectivity index is 1.56. The highest BCUT2D eigenvalue weighted by molar-refractivity contribution is 8.15. The van der Waals surface area contributed by atoms with E-state index in [2.05, 4.69) is 4.40 Å². The molecule has 0 saturated heterocycles. The Morgan fingerprint density at radius 1 is 1.35 bits per heavy atom. The number of thioether (sulfide) groups is 1. The molecule has 0 N–H and O–H groups in total. The largest absolute Gasteiger partial charge is 0.337 e. The Kier molecular flexibility index (Phi) is 4.50. The van der Waals surface area contributed by atoms with E-state index in [9.17, 15) is 13.2 Å². The number of thiophene rings is 1. The zero-order chi connectivity index (χ0) is 18.5. The summed E-state index contributed by atoms with van der Waals surface area (Å²) in [6.07, 6.45) is 0. The highest BCUT2D eigenvalue weighted by Gasteiger charge is 2.33. The topological polar surface area (TPSA) is 70.0 Å². The van der Waals surface area contributed by atoms with Gasteiger partial charge < -0.3 is 9.80 Å². The Bertz CT molecular complexity index is 1030. The van der Waals surface area contributed by atoms with E-state index in [1.54, 1.807) is 24.1 Å². The first-order valence-corrected chi connectivity index (χ1v) is 11.4. The van der Waals surface area contributed by atoms with Crippen LogP contribution in [0.4, 0.5) is 5.69 Å². The predicted octanol–water partition coefficient (Wildman–Crippen LogP) is 3.29. The molecule has 1 amide bonds. The van der Waals surface area contributed by atoms with Crippen LogP contribution in [0.1, 0.15) is 15.2 Å². The maximum absolute atomic E-state index is 12.7. The number of amides is 1. The molecule has 4 rings (SSSR count). The normalized spacial score (nSPS) is 17.5. The van der Waals surface area contributed by atoms with Gasteiger partial charge in [0.15, 0.2) is 5.17 Å². The molecule has 6 nitrogen and oxygen atoms in total. The molecule has 0 unspecified atom stereocenters. The van der Waals surface area contributed by atoms with E-state index in [0.29, 0.717) is 28.2 Å². The van der Waals surface area contributed by atoms with E-state index in [-0.39, 0.29) is 11.7 Å². The summed E-state index contributed by atoms with van der Waals surface area (Å²) in [6, 6.07) is 9.15. The fraction of sp³-hybridized carbons (Fsp3) is 0.250. The fourth-order valence-corrected chi connectivity index (χ4v) is 6.26. The number of sulfonamides is 1. The van der Waals surface area contributed by atoms with Crippen molar-refractivity contribution < 1.29 is 13.2 Å². The SMILES string of the molecule is CN(Cc1ccc(Cl)s1)C(=O)c1ccc2c(c1)SC1=NS(=O)(=O)CCN12. The van der Waals surface area contributed by atoms with E-state index in [4.69, 9.17) is 11.6 Å². The summed E-state index contributed by atoms with van der Waals surface area (Å²) in [7, 11) is -1.64. The molecule has 0 fully saturated rings. The zero-order valence-electron chi connectivity index (χ0n) is 13.7. The van der Waals surface area contributed by atoms with Crippen molar-refractivity contribution in [1.29, 1.82) is 0 Å². The molecular formula is C16H14ClN3O3S3. The van der Waals surface area contributed by atoms with Gasteiger partial charge in [-0.3, -0.25) is 4.79 Å². The molecule has 0 radical (unpaired) electrons. The predicted molar refractivity (Wildman–Crippen MR) is 106 cm³/mol. The molecule has 136 valence electrons. The van der Waals surface area contributed by atoms with Crippen molar-refractivity contribution in [3.8, 4) is 0 Å².